The lowest BCUT2D eigenvalue weighted by atomic mass is 9.92. The Kier molecular flexibility index (Phi) is 4.57. The van der Waals surface area contributed by atoms with Crippen molar-refractivity contribution in [3.8, 4) is 0 Å². The van der Waals surface area contributed by atoms with E-state index in [-0.39, 0.29) is 23.7 Å². The Hall–Kier alpha value is -1.55. The van der Waals surface area contributed by atoms with E-state index in [4.69, 9.17) is 11.6 Å². The monoisotopic (exact) mass is 308 g/mol. The van der Waals surface area contributed by atoms with Crippen LogP contribution in [-0.2, 0) is 9.59 Å². The van der Waals surface area contributed by atoms with Crippen molar-refractivity contribution >= 4 is 29.1 Å². The van der Waals surface area contributed by atoms with Crippen molar-refractivity contribution in [3.05, 3.63) is 29.3 Å². The molecule has 1 aliphatic rings. The smallest absolute Gasteiger partial charge is 0.250 e. The van der Waals surface area contributed by atoms with Gasteiger partial charge in [-0.3, -0.25) is 14.5 Å². The Morgan fingerprint density at radius 1 is 1.14 bits per heavy atom. The van der Waals surface area contributed by atoms with Crippen LogP contribution in [0.4, 0.5) is 5.69 Å². The molecule has 1 N–H and O–H groups in total. The molecule has 1 aromatic rings. The van der Waals surface area contributed by atoms with Crippen LogP contribution >= 0.6 is 11.6 Å². The molecule has 0 bridgehead atoms. The van der Waals surface area contributed by atoms with Crippen molar-refractivity contribution < 1.29 is 9.59 Å². The predicted molar refractivity (Wildman–Crippen MR) is 84.3 cm³/mol. The molecule has 2 amide bonds. The zero-order valence-corrected chi connectivity index (χ0v) is 13.5. The van der Waals surface area contributed by atoms with Crippen LogP contribution in [0.25, 0.3) is 0 Å². The summed E-state index contributed by atoms with van der Waals surface area (Å²) in [5.74, 6) is -0.133. The molecule has 2 rings (SSSR count). The number of carbonyl (C=O) groups excluding carboxylic acids is 2. The van der Waals surface area contributed by atoms with Gasteiger partial charge in [0, 0.05) is 10.7 Å². The number of hydrogen-bond acceptors (Lipinski definition) is 2. The molecule has 0 aliphatic carbocycles. The van der Waals surface area contributed by atoms with Crippen molar-refractivity contribution in [1.82, 2.24) is 5.32 Å². The highest BCUT2D eigenvalue weighted by Crippen LogP contribution is 2.28. The average molecular weight is 309 g/mol. The first-order valence-electron chi connectivity index (χ1n) is 7.22. The van der Waals surface area contributed by atoms with Gasteiger partial charge in [-0.25, -0.2) is 0 Å². The van der Waals surface area contributed by atoms with Crippen LogP contribution in [0.15, 0.2) is 24.3 Å². The number of carbonyl (C=O) groups is 2. The van der Waals surface area contributed by atoms with Crippen molar-refractivity contribution in [2.45, 2.75) is 39.8 Å². The van der Waals surface area contributed by atoms with Crippen LogP contribution in [0, 0.1) is 11.8 Å². The maximum atomic E-state index is 12.8. The minimum atomic E-state index is -0.508. The van der Waals surface area contributed by atoms with E-state index >= 15 is 0 Å². The molecule has 2 atom stereocenters. The molecule has 0 saturated carbocycles. The zero-order valence-electron chi connectivity index (χ0n) is 12.8. The average Bonchev–Trinajstić information content (AvgIpc) is 2.39. The summed E-state index contributed by atoms with van der Waals surface area (Å²) in [7, 11) is 0. The van der Waals surface area contributed by atoms with E-state index in [1.54, 1.807) is 23.1 Å². The fourth-order valence-electron chi connectivity index (χ4n) is 2.67. The number of piperazine rings is 1. The molecule has 0 aromatic heterocycles. The standard InChI is InChI=1S/C16H21ClN2O2/c1-9(2)13-16(21)19(12-7-5-6-11(17)8-12)14(10(3)4)15(20)18-13/h5-10,13-14H,1-4H3,(H,18,20). The summed E-state index contributed by atoms with van der Waals surface area (Å²) < 4.78 is 0. The van der Waals surface area contributed by atoms with Gasteiger partial charge in [-0.15, -0.1) is 0 Å². The molecule has 114 valence electrons. The lowest BCUT2D eigenvalue weighted by molar-refractivity contribution is -0.135. The van der Waals surface area contributed by atoms with Gasteiger partial charge in [0.25, 0.3) is 5.91 Å². The molecule has 5 heteroatoms. The summed E-state index contributed by atoms with van der Waals surface area (Å²) in [5.41, 5.74) is 0.673. The van der Waals surface area contributed by atoms with E-state index in [1.807, 2.05) is 33.8 Å². The van der Waals surface area contributed by atoms with Gasteiger partial charge in [0.2, 0.25) is 5.91 Å². The third-order valence-electron chi connectivity index (χ3n) is 3.73. The third kappa shape index (κ3) is 3.05. The van der Waals surface area contributed by atoms with E-state index in [1.165, 1.54) is 0 Å². The Labute approximate surface area is 130 Å². The summed E-state index contributed by atoms with van der Waals surface area (Å²) in [6, 6.07) is 6.08. The number of rotatable bonds is 3. The molecular formula is C16H21ClN2O2. The molecule has 1 heterocycles. The zero-order chi connectivity index (χ0) is 15.7. The number of benzene rings is 1. The van der Waals surface area contributed by atoms with Gasteiger partial charge in [-0.2, -0.15) is 0 Å². The highest BCUT2D eigenvalue weighted by molar-refractivity contribution is 6.31. The predicted octanol–water partition coefficient (Wildman–Crippen LogP) is 2.85. The summed E-state index contributed by atoms with van der Waals surface area (Å²) in [6.45, 7) is 7.72. The van der Waals surface area contributed by atoms with Crippen molar-refractivity contribution in [3.63, 3.8) is 0 Å². The summed E-state index contributed by atoms with van der Waals surface area (Å²) >= 11 is 6.04. The first-order valence-corrected chi connectivity index (χ1v) is 7.59. The third-order valence-corrected chi connectivity index (χ3v) is 3.97. The maximum Gasteiger partial charge on any atom is 0.250 e. The molecule has 2 unspecified atom stereocenters. The van der Waals surface area contributed by atoms with Crippen molar-refractivity contribution in [2.75, 3.05) is 4.90 Å². The Bertz CT molecular complexity index is 557. The number of anilines is 1. The van der Waals surface area contributed by atoms with Gasteiger partial charge < -0.3 is 5.32 Å². The normalized spacial score (nSPS) is 22.9. The van der Waals surface area contributed by atoms with E-state index < -0.39 is 12.1 Å². The molecule has 21 heavy (non-hydrogen) atoms. The molecule has 1 aromatic carbocycles. The lowest BCUT2D eigenvalue weighted by Gasteiger charge is -2.42. The molecule has 1 aliphatic heterocycles. The van der Waals surface area contributed by atoms with E-state index in [0.717, 1.165) is 0 Å². The topological polar surface area (TPSA) is 49.4 Å². The number of amides is 2. The summed E-state index contributed by atoms with van der Waals surface area (Å²) in [4.78, 5) is 26.8. The van der Waals surface area contributed by atoms with Crippen LogP contribution in [-0.4, -0.2) is 23.9 Å². The van der Waals surface area contributed by atoms with E-state index in [2.05, 4.69) is 5.32 Å². The second-order valence-corrected chi connectivity index (χ2v) is 6.54. The fraction of sp³-hybridized carbons (Fsp3) is 0.500. The van der Waals surface area contributed by atoms with Crippen LogP contribution in [0.3, 0.4) is 0 Å². The van der Waals surface area contributed by atoms with Gasteiger partial charge in [0.15, 0.2) is 0 Å². The van der Waals surface area contributed by atoms with E-state index in [0.29, 0.717) is 10.7 Å². The molecule has 0 radical (unpaired) electrons. The summed E-state index contributed by atoms with van der Waals surface area (Å²) in [5, 5.41) is 3.40. The van der Waals surface area contributed by atoms with E-state index in [9.17, 15) is 9.59 Å². The number of halogens is 1. The molecule has 0 spiro atoms. The summed E-state index contributed by atoms with van der Waals surface area (Å²) in [6.07, 6.45) is 0. The van der Waals surface area contributed by atoms with Gasteiger partial charge in [-0.05, 0) is 30.0 Å². The first kappa shape index (κ1) is 15.8. The number of nitrogens with zero attached hydrogens (tertiary/aromatic N) is 1. The Morgan fingerprint density at radius 3 is 2.33 bits per heavy atom. The quantitative estimate of drug-likeness (QED) is 0.933. The Balaban J connectivity index is 2.48. The van der Waals surface area contributed by atoms with Crippen molar-refractivity contribution in [2.24, 2.45) is 11.8 Å². The molecular weight excluding hydrogens is 288 g/mol. The van der Waals surface area contributed by atoms with Crippen LogP contribution in [0.2, 0.25) is 5.02 Å². The van der Waals surface area contributed by atoms with Gasteiger partial charge >= 0.3 is 0 Å². The second-order valence-electron chi connectivity index (χ2n) is 6.11. The SMILES string of the molecule is CC(C)C1NC(=O)C(C(C)C)N(c2cccc(Cl)c2)C1=O. The largest absolute Gasteiger partial charge is 0.342 e. The number of hydrogen-bond donors (Lipinski definition) is 1. The second kappa shape index (κ2) is 6.06. The molecule has 1 fully saturated rings. The number of nitrogens with one attached hydrogen (secondary N) is 1. The van der Waals surface area contributed by atoms with Crippen LogP contribution in [0.5, 0.6) is 0 Å². The van der Waals surface area contributed by atoms with Crippen molar-refractivity contribution in [1.29, 1.82) is 0 Å². The fourth-order valence-corrected chi connectivity index (χ4v) is 2.86. The highest BCUT2D eigenvalue weighted by atomic mass is 35.5. The molecule has 4 nitrogen and oxygen atoms in total. The molecule has 1 saturated heterocycles. The Morgan fingerprint density at radius 2 is 1.81 bits per heavy atom. The lowest BCUT2D eigenvalue weighted by Crippen LogP contribution is -2.66. The van der Waals surface area contributed by atoms with Gasteiger partial charge in [-0.1, -0.05) is 45.4 Å². The minimum absolute atomic E-state index is 0.0149. The van der Waals surface area contributed by atoms with Gasteiger partial charge in [0.05, 0.1) is 0 Å². The maximum absolute atomic E-state index is 12.8. The van der Waals surface area contributed by atoms with Gasteiger partial charge in [0.1, 0.15) is 12.1 Å². The van der Waals surface area contributed by atoms with Crippen LogP contribution in [0.1, 0.15) is 27.7 Å². The highest BCUT2D eigenvalue weighted by Gasteiger charge is 2.43. The minimum Gasteiger partial charge on any atom is -0.342 e. The van der Waals surface area contributed by atoms with Crippen LogP contribution < -0.4 is 10.2 Å². The first-order chi connectivity index (χ1) is 9.82.